The standard InChI is InChI=1S/C11H15NO2S/c1-2-3-4-5-9(13)6-10(14)11-7-12-8-15-11/h7-8H,2-6H2,1H3. The zero-order valence-electron chi connectivity index (χ0n) is 8.86. The van der Waals surface area contributed by atoms with Gasteiger partial charge in [-0.25, -0.2) is 0 Å². The minimum atomic E-state index is -0.0981. The number of rotatable bonds is 7. The summed E-state index contributed by atoms with van der Waals surface area (Å²) in [5.74, 6) is -0.0548. The largest absolute Gasteiger partial charge is 0.299 e. The maximum absolute atomic E-state index is 11.5. The van der Waals surface area contributed by atoms with Crippen molar-refractivity contribution in [2.24, 2.45) is 0 Å². The fraction of sp³-hybridized carbons (Fsp3) is 0.545. The van der Waals surface area contributed by atoms with Gasteiger partial charge in [0.05, 0.1) is 16.8 Å². The van der Waals surface area contributed by atoms with Crippen molar-refractivity contribution in [3.05, 3.63) is 16.6 Å². The first-order valence-corrected chi connectivity index (χ1v) is 6.05. The molecule has 0 aliphatic carbocycles. The first-order valence-electron chi connectivity index (χ1n) is 5.17. The number of hydrogen-bond acceptors (Lipinski definition) is 4. The number of Topliss-reactive ketones (excluding diaryl/α,β-unsaturated/α-hetero) is 2. The van der Waals surface area contributed by atoms with Crippen molar-refractivity contribution in [3.8, 4) is 0 Å². The van der Waals surface area contributed by atoms with E-state index in [0.29, 0.717) is 11.3 Å². The summed E-state index contributed by atoms with van der Waals surface area (Å²) in [6.45, 7) is 2.09. The lowest BCUT2D eigenvalue weighted by Crippen LogP contribution is -2.06. The van der Waals surface area contributed by atoms with Crippen molar-refractivity contribution in [1.29, 1.82) is 0 Å². The average molecular weight is 225 g/mol. The summed E-state index contributed by atoms with van der Waals surface area (Å²) < 4.78 is 0. The average Bonchev–Trinajstić information content (AvgIpc) is 2.70. The Morgan fingerprint density at radius 2 is 2.20 bits per heavy atom. The van der Waals surface area contributed by atoms with Gasteiger partial charge in [0.25, 0.3) is 0 Å². The third kappa shape index (κ3) is 4.34. The molecule has 0 fully saturated rings. The molecule has 0 spiro atoms. The van der Waals surface area contributed by atoms with Crippen molar-refractivity contribution in [1.82, 2.24) is 4.98 Å². The highest BCUT2D eigenvalue weighted by Gasteiger charge is 2.12. The number of ketones is 2. The highest BCUT2D eigenvalue weighted by atomic mass is 32.1. The fourth-order valence-electron chi connectivity index (χ4n) is 1.28. The van der Waals surface area contributed by atoms with E-state index in [2.05, 4.69) is 11.9 Å². The lowest BCUT2D eigenvalue weighted by atomic mass is 10.1. The number of carbonyl (C=O) groups is 2. The smallest absolute Gasteiger partial charge is 0.181 e. The van der Waals surface area contributed by atoms with Crippen molar-refractivity contribution < 1.29 is 9.59 Å². The van der Waals surface area contributed by atoms with Crippen molar-refractivity contribution in [3.63, 3.8) is 0 Å². The molecule has 1 rings (SSSR count). The molecule has 0 aliphatic rings. The van der Waals surface area contributed by atoms with Crippen molar-refractivity contribution >= 4 is 22.9 Å². The van der Waals surface area contributed by atoms with Crippen LogP contribution < -0.4 is 0 Å². The number of hydrogen-bond donors (Lipinski definition) is 0. The van der Waals surface area contributed by atoms with Gasteiger partial charge in [-0.2, -0.15) is 0 Å². The van der Waals surface area contributed by atoms with Crippen LogP contribution in [0.5, 0.6) is 0 Å². The van der Waals surface area contributed by atoms with Crippen LogP contribution >= 0.6 is 11.3 Å². The molecule has 1 heterocycles. The molecule has 0 saturated heterocycles. The number of aromatic nitrogens is 1. The molecule has 1 aromatic rings. The number of carbonyl (C=O) groups excluding carboxylic acids is 2. The van der Waals surface area contributed by atoms with Crippen LogP contribution in [-0.4, -0.2) is 16.6 Å². The molecule has 1 aromatic heterocycles. The van der Waals surface area contributed by atoms with Crippen LogP contribution in [0.3, 0.4) is 0 Å². The molecule has 15 heavy (non-hydrogen) atoms. The second kappa shape index (κ2) is 6.45. The summed E-state index contributed by atoms with van der Waals surface area (Å²) >= 11 is 1.29. The van der Waals surface area contributed by atoms with E-state index in [1.165, 1.54) is 17.5 Å². The van der Waals surface area contributed by atoms with Gasteiger partial charge in [0.15, 0.2) is 5.78 Å². The Kier molecular flexibility index (Phi) is 5.18. The van der Waals surface area contributed by atoms with Crippen LogP contribution in [0.1, 0.15) is 48.7 Å². The molecule has 0 N–H and O–H groups in total. The number of unbranched alkanes of at least 4 members (excludes halogenated alkanes) is 2. The van der Waals surface area contributed by atoms with Gasteiger partial charge in [-0.1, -0.05) is 19.8 Å². The van der Waals surface area contributed by atoms with Crippen LogP contribution in [-0.2, 0) is 4.79 Å². The van der Waals surface area contributed by atoms with E-state index in [9.17, 15) is 9.59 Å². The van der Waals surface area contributed by atoms with Gasteiger partial charge in [-0.05, 0) is 6.42 Å². The Morgan fingerprint density at radius 3 is 2.80 bits per heavy atom. The van der Waals surface area contributed by atoms with Crippen molar-refractivity contribution in [2.75, 3.05) is 0 Å². The Hall–Kier alpha value is -1.03. The van der Waals surface area contributed by atoms with Crippen LogP contribution in [0.2, 0.25) is 0 Å². The lowest BCUT2D eigenvalue weighted by Gasteiger charge is -1.98. The van der Waals surface area contributed by atoms with E-state index < -0.39 is 0 Å². The monoisotopic (exact) mass is 225 g/mol. The Labute approximate surface area is 93.5 Å². The molecular weight excluding hydrogens is 210 g/mol. The molecule has 0 radical (unpaired) electrons. The van der Waals surface area contributed by atoms with Crippen LogP contribution in [0.15, 0.2) is 11.7 Å². The fourth-order valence-corrected chi connectivity index (χ4v) is 1.84. The predicted molar refractivity (Wildman–Crippen MR) is 60.2 cm³/mol. The molecule has 0 amide bonds. The van der Waals surface area contributed by atoms with E-state index in [1.807, 2.05) is 0 Å². The molecule has 4 heteroatoms. The summed E-state index contributed by atoms with van der Waals surface area (Å²) in [6.07, 6.45) is 5.12. The van der Waals surface area contributed by atoms with E-state index in [1.54, 1.807) is 5.51 Å². The molecule has 0 aliphatic heterocycles. The lowest BCUT2D eigenvalue weighted by molar-refractivity contribution is -0.118. The molecular formula is C11H15NO2S. The third-order valence-corrected chi connectivity index (χ3v) is 2.94. The van der Waals surface area contributed by atoms with Crippen molar-refractivity contribution in [2.45, 2.75) is 39.0 Å². The summed E-state index contributed by atoms with van der Waals surface area (Å²) in [5.41, 5.74) is 1.61. The highest BCUT2D eigenvalue weighted by Crippen LogP contribution is 2.10. The van der Waals surface area contributed by atoms with Gasteiger partial charge in [0.1, 0.15) is 5.78 Å². The molecule has 0 saturated carbocycles. The summed E-state index contributed by atoms with van der Waals surface area (Å²) in [6, 6.07) is 0. The normalized spacial score (nSPS) is 10.2. The summed E-state index contributed by atoms with van der Waals surface area (Å²) in [7, 11) is 0. The zero-order chi connectivity index (χ0) is 11.1. The van der Waals surface area contributed by atoms with Gasteiger partial charge < -0.3 is 0 Å². The van der Waals surface area contributed by atoms with Gasteiger partial charge in [0.2, 0.25) is 0 Å². The Bertz CT molecular complexity index is 319. The molecule has 0 atom stereocenters. The first-order chi connectivity index (χ1) is 7.24. The molecule has 0 aromatic carbocycles. The van der Waals surface area contributed by atoms with Gasteiger partial charge in [-0.15, -0.1) is 11.3 Å². The summed E-state index contributed by atoms with van der Waals surface area (Å²) in [5, 5.41) is 0. The molecule has 3 nitrogen and oxygen atoms in total. The van der Waals surface area contributed by atoms with E-state index in [0.717, 1.165) is 19.3 Å². The van der Waals surface area contributed by atoms with E-state index >= 15 is 0 Å². The van der Waals surface area contributed by atoms with Gasteiger partial charge in [-0.3, -0.25) is 14.6 Å². The maximum Gasteiger partial charge on any atom is 0.181 e. The van der Waals surface area contributed by atoms with E-state index in [4.69, 9.17) is 0 Å². The van der Waals surface area contributed by atoms with Crippen LogP contribution in [0.25, 0.3) is 0 Å². The molecule has 82 valence electrons. The minimum Gasteiger partial charge on any atom is -0.299 e. The number of nitrogens with zero attached hydrogens (tertiary/aromatic N) is 1. The van der Waals surface area contributed by atoms with E-state index in [-0.39, 0.29) is 18.0 Å². The maximum atomic E-state index is 11.5. The zero-order valence-corrected chi connectivity index (χ0v) is 9.68. The van der Waals surface area contributed by atoms with Crippen LogP contribution in [0.4, 0.5) is 0 Å². The van der Waals surface area contributed by atoms with Gasteiger partial charge in [0, 0.05) is 12.6 Å². The van der Waals surface area contributed by atoms with Crippen LogP contribution in [0, 0.1) is 0 Å². The molecule has 0 unspecified atom stereocenters. The first kappa shape index (κ1) is 12.0. The minimum absolute atomic E-state index is 0.0336. The highest BCUT2D eigenvalue weighted by molar-refractivity contribution is 7.11. The third-order valence-electron chi connectivity index (χ3n) is 2.12. The predicted octanol–water partition coefficient (Wildman–Crippen LogP) is 2.87. The van der Waals surface area contributed by atoms with Gasteiger partial charge >= 0.3 is 0 Å². The quantitative estimate of drug-likeness (QED) is 0.407. The number of thiazole rings is 1. The second-order valence-corrected chi connectivity index (χ2v) is 4.35. The Balaban J connectivity index is 2.29. The Morgan fingerprint density at radius 1 is 1.40 bits per heavy atom. The second-order valence-electron chi connectivity index (χ2n) is 3.46. The SMILES string of the molecule is CCCCCC(=O)CC(=O)c1cncs1. The molecule has 0 bridgehead atoms. The summed E-state index contributed by atoms with van der Waals surface area (Å²) in [4.78, 5) is 27.3. The topological polar surface area (TPSA) is 47.0 Å².